The highest BCUT2D eigenvalue weighted by Crippen LogP contribution is 2.35. The Kier molecular flexibility index (Phi) is 6.11. The van der Waals surface area contributed by atoms with Gasteiger partial charge in [-0.1, -0.05) is 6.07 Å². The van der Waals surface area contributed by atoms with Crippen LogP contribution in [0, 0.1) is 5.92 Å². The van der Waals surface area contributed by atoms with Crippen molar-refractivity contribution < 1.29 is 33.3 Å². The van der Waals surface area contributed by atoms with Gasteiger partial charge in [-0.3, -0.25) is 4.79 Å². The van der Waals surface area contributed by atoms with E-state index < -0.39 is 5.97 Å². The Hall–Kier alpha value is -3.48. The molecule has 1 saturated carbocycles. The summed E-state index contributed by atoms with van der Waals surface area (Å²) < 4.78 is 27.4. The van der Waals surface area contributed by atoms with Gasteiger partial charge in [-0.2, -0.15) is 0 Å². The number of hydrogen-bond acceptors (Lipinski definition) is 7. The van der Waals surface area contributed by atoms with Crippen LogP contribution in [0.1, 0.15) is 29.6 Å². The molecule has 0 amide bonds. The van der Waals surface area contributed by atoms with Gasteiger partial charge in [0.25, 0.3) is 0 Å². The van der Waals surface area contributed by atoms with Gasteiger partial charge in [-0.15, -0.1) is 0 Å². The first-order valence-corrected chi connectivity index (χ1v) is 10.1. The van der Waals surface area contributed by atoms with Crippen LogP contribution in [0.3, 0.4) is 0 Å². The topological polar surface area (TPSA) is 80.3 Å². The summed E-state index contributed by atoms with van der Waals surface area (Å²) in [5.41, 5.74) is 0.428. The zero-order valence-electron chi connectivity index (χ0n) is 17.4. The van der Waals surface area contributed by atoms with E-state index in [-0.39, 0.29) is 29.7 Å². The van der Waals surface area contributed by atoms with E-state index in [1.54, 1.807) is 62.8 Å². The molecule has 4 rings (SSSR count). The summed E-state index contributed by atoms with van der Waals surface area (Å²) in [6, 6.07) is 13.8. The molecule has 1 heterocycles. The van der Waals surface area contributed by atoms with Crippen LogP contribution in [-0.4, -0.2) is 38.2 Å². The Labute approximate surface area is 180 Å². The minimum absolute atomic E-state index is 0.0929. The molecule has 162 valence electrons. The van der Waals surface area contributed by atoms with Crippen molar-refractivity contribution in [2.75, 3.05) is 14.2 Å². The minimum atomic E-state index is -0.413. The number of Topliss-reactive ketones (excluding diaryl/α,β-unsaturated/α-hetero) is 1. The molecule has 1 aliphatic heterocycles. The molecular weight excluding hydrogens is 400 g/mol. The largest absolute Gasteiger partial charge is 0.497 e. The Morgan fingerprint density at radius 2 is 1.71 bits per heavy atom. The quantitative estimate of drug-likeness (QED) is 0.650. The van der Waals surface area contributed by atoms with E-state index >= 15 is 0 Å². The molecule has 0 saturated heterocycles. The standard InChI is InChI=1S/C24H24O7/c1-27-16-6-8-17(9-7-16)30-22-14-29-21-13-19(10-11-20(21)23(22)25)31-24(26)15-4-3-5-18(12-15)28-2/h3-9,12,14,19-21H,10-11,13H2,1-2H3. The van der Waals surface area contributed by atoms with E-state index in [2.05, 4.69) is 0 Å². The molecule has 2 aromatic carbocycles. The fourth-order valence-corrected chi connectivity index (χ4v) is 3.85. The first-order valence-electron chi connectivity index (χ1n) is 10.1. The molecule has 3 atom stereocenters. The van der Waals surface area contributed by atoms with Gasteiger partial charge in [0.2, 0.25) is 11.5 Å². The van der Waals surface area contributed by atoms with Crippen LogP contribution in [0.5, 0.6) is 17.2 Å². The van der Waals surface area contributed by atoms with Crippen molar-refractivity contribution in [1.82, 2.24) is 0 Å². The van der Waals surface area contributed by atoms with Gasteiger partial charge in [-0.05, 0) is 55.3 Å². The minimum Gasteiger partial charge on any atom is -0.497 e. The summed E-state index contributed by atoms with van der Waals surface area (Å²) in [6.45, 7) is 0. The summed E-state index contributed by atoms with van der Waals surface area (Å²) in [5.74, 6) is 1.18. The Balaban J connectivity index is 1.37. The molecule has 0 N–H and O–H groups in total. The third-order valence-corrected chi connectivity index (χ3v) is 5.54. The molecule has 3 unspecified atom stereocenters. The predicted octanol–water partition coefficient (Wildman–Crippen LogP) is 3.92. The number of fused-ring (bicyclic) bond motifs is 1. The van der Waals surface area contributed by atoms with E-state index in [9.17, 15) is 9.59 Å². The van der Waals surface area contributed by atoms with Gasteiger partial charge in [0.1, 0.15) is 35.7 Å². The van der Waals surface area contributed by atoms with Crippen LogP contribution in [0.25, 0.3) is 0 Å². The third-order valence-electron chi connectivity index (χ3n) is 5.54. The highest BCUT2D eigenvalue weighted by atomic mass is 16.6. The van der Waals surface area contributed by atoms with E-state index in [4.69, 9.17) is 23.7 Å². The van der Waals surface area contributed by atoms with E-state index in [0.29, 0.717) is 42.1 Å². The molecular formula is C24H24O7. The van der Waals surface area contributed by atoms with Gasteiger partial charge in [0, 0.05) is 6.42 Å². The summed E-state index contributed by atoms with van der Waals surface area (Å²) in [7, 11) is 3.13. The summed E-state index contributed by atoms with van der Waals surface area (Å²) in [4.78, 5) is 25.4. The zero-order valence-corrected chi connectivity index (χ0v) is 17.4. The second-order valence-corrected chi connectivity index (χ2v) is 7.48. The lowest BCUT2D eigenvalue weighted by Crippen LogP contribution is -2.43. The second kappa shape index (κ2) is 9.12. The number of allylic oxidation sites excluding steroid dienone is 1. The number of ketones is 1. The lowest BCUT2D eigenvalue weighted by atomic mass is 9.80. The van der Waals surface area contributed by atoms with Crippen LogP contribution in [-0.2, 0) is 14.3 Å². The molecule has 2 aliphatic rings. The first kappa shape index (κ1) is 20.8. The Bertz CT molecular complexity index is 980. The van der Waals surface area contributed by atoms with Crippen LogP contribution < -0.4 is 14.2 Å². The number of methoxy groups -OCH3 is 2. The van der Waals surface area contributed by atoms with Crippen LogP contribution in [0.15, 0.2) is 60.6 Å². The molecule has 31 heavy (non-hydrogen) atoms. The van der Waals surface area contributed by atoms with Crippen molar-refractivity contribution in [3.63, 3.8) is 0 Å². The fourth-order valence-electron chi connectivity index (χ4n) is 3.85. The van der Waals surface area contributed by atoms with Crippen LogP contribution >= 0.6 is 0 Å². The Morgan fingerprint density at radius 1 is 0.968 bits per heavy atom. The van der Waals surface area contributed by atoms with Crippen molar-refractivity contribution >= 4 is 11.8 Å². The highest BCUT2D eigenvalue weighted by Gasteiger charge is 2.42. The number of carbonyl (C=O) groups is 2. The van der Waals surface area contributed by atoms with E-state index in [0.717, 1.165) is 0 Å². The summed E-state index contributed by atoms with van der Waals surface area (Å²) in [6.07, 6.45) is 2.31. The second-order valence-electron chi connectivity index (χ2n) is 7.48. The third kappa shape index (κ3) is 4.66. The van der Waals surface area contributed by atoms with E-state index in [1.165, 1.54) is 6.26 Å². The van der Waals surface area contributed by atoms with Crippen molar-refractivity contribution in [3.05, 3.63) is 66.1 Å². The van der Waals surface area contributed by atoms with Crippen molar-refractivity contribution in [2.45, 2.75) is 31.5 Å². The lowest BCUT2D eigenvalue weighted by molar-refractivity contribution is -0.132. The molecule has 7 heteroatoms. The van der Waals surface area contributed by atoms with Crippen LogP contribution in [0.4, 0.5) is 0 Å². The Morgan fingerprint density at radius 3 is 2.45 bits per heavy atom. The van der Waals surface area contributed by atoms with Gasteiger partial charge < -0.3 is 23.7 Å². The molecule has 0 bridgehead atoms. The lowest BCUT2D eigenvalue weighted by Gasteiger charge is -2.36. The normalized spacial score (nSPS) is 22.5. The number of rotatable bonds is 6. The van der Waals surface area contributed by atoms with Gasteiger partial charge in [0.15, 0.2) is 0 Å². The molecule has 1 fully saturated rings. The zero-order chi connectivity index (χ0) is 21.8. The average molecular weight is 424 g/mol. The average Bonchev–Trinajstić information content (AvgIpc) is 2.81. The van der Waals surface area contributed by atoms with Crippen LogP contribution in [0.2, 0.25) is 0 Å². The maximum absolute atomic E-state index is 12.9. The summed E-state index contributed by atoms with van der Waals surface area (Å²) in [5, 5.41) is 0. The SMILES string of the molecule is COc1ccc(OC2=COC3CC(OC(=O)c4cccc(OC)c4)CCC3C2=O)cc1. The number of carbonyl (C=O) groups excluding carboxylic acids is 2. The monoisotopic (exact) mass is 424 g/mol. The van der Waals surface area contributed by atoms with Gasteiger partial charge in [0.05, 0.1) is 25.7 Å². The summed E-state index contributed by atoms with van der Waals surface area (Å²) >= 11 is 0. The maximum Gasteiger partial charge on any atom is 0.338 e. The maximum atomic E-state index is 12.9. The van der Waals surface area contributed by atoms with Gasteiger partial charge >= 0.3 is 5.97 Å². The van der Waals surface area contributed by atoms with Crippen molar-refractivity contribution in [3.8, 4) is 17.2 Å². The number of benzene rings is 2. The molecule has 7 nitrogen and oxygen atoms in total. The fraction of sp³-hybridized carbons (Fsp3) is 0.333. The first-order chi connectivity index (χ1) is 15.1. The number of hydrogen-bond donors (Lipinski definition) is 0. The van der Waals surface area contributed by atoms with Crippen molar-refractivity contribution in [1.29, 1.82) is 0 Å². The number of esters is 1. The smallest absolute Gasteiger partial charge is 0.338 e. The van der Waals surface area contributed by atoms with E-state index in [1.807, 2.05) is 0 Å². The predicted molar refractivity (Wildman–Crippen MR) is 111 cm³/mol. The van der Waals surface area contributed by atoms with Gasteiger partial charge in [-0.25, -0.2) is 4.79 Å². The highest BCUT2D eigenvalue weighted by molar-refractivity contribution is 5.96. The molecule has 1 aliphatic carbocycles. The molecule has 0 radical (unpaired) electrons. The number of ether oxygens (including phenoxy) is 5. The molecule has 2 aromatic rings. The van der Waals surface area contributed by atoms with Crippen molar-refractivity contribution in [2.24, 2.45) is 5.92 Å². The molecule has 0 aromatic heterocycles. The molecule has 0 spiro atoms.